The third-order valence-electron chi connectivity index (χ3n) is 2.39. The van der Waals surface area contributed by atoms with Crippen LogP contribution < -0.4 is 5.32 Å². The molecule has 2 aromatic heterocycles. The predicted molar refractivity (Wildman–Crippen MR) is 65.4 cm³/mol. The SMILES string of the molecule is COCCNc1nc(C)cn1-c1cnn(C)c1. The Bertz CT molecular complexity index is 488. The van der Waals surface area contributed by atoms with Crippen LogP contribution in [0.25, 0.3) is 5.69 Å². The summed E-state index contributed by atoms with van der Waals surface area (Å²) in [6, 6.07) is 0. The number of hydrogen-bond donors (Lipinski definition) is 1. The van der Waals surface area contributed by atoms with Crippen LogP contribution in [0.1, 0.15) is 5.69 Å². The lowest BCUT2D eigenvalue weighted by atomic mass is 10.5. The summed E-state index contributed by atoms with van der Waals surface area (Å²) in [4.78, 5) is 4.43. The first-order chi connectivity index (χ1) is 8.20. The molecule has 0 aliphatic heterocycles. The minimum Gasteiger partial charge on any atom is -0.383 e. The molecular weight excluding hydrogens is 218 g/mol. The van der Waals surface area contributed by atoms with E-state index < -0.39 is 0 Å². The zero-order chi connectivity index (χ0) is 12.3. The van der Waals surface area contributed by atoms with Crippen molar-refractivity contribution in [2.75, 3.05) is 25.6 Å². The highest BCUT2D eigenvalue weighted by atomic mass is 16.5. The lowest BCUT2D eigenvalue weighted by Gasteiger charge is -2.06. The van der Waals surface area contributed by atoms with Crippen molar-refractivity contribution in [3.8, 4) is 5.69 Å². The highest BCUT2D eigenvalue weighted by Crippen LogP contribution is 2.15. The molecule has 92 valence electrons. The minimum absolute atomic E-state index is 0.652. The number of hydrogen-bond acceptors (Lipinski definition) is 4. The third-order valence-corrected chi connectivity index (χ3v) is 2.39. The molecule has 0 amide bonds. The van der Waals surface area contributed by atoms with Crippen LogP contribution in [-0.2, 0) is 11.8 Å². The second-order valence-corrected chi connectivity index (χ2v) is 3.87. The first kappa shape index (κ1) is 11.7. The summed E-state index contributed by atoms with van der Waals surface area (Å²) >= 11 is 0. The van der Waals surface area contributed by atoms with Crippen LogP contribution in [0.3, 0.4) is 0 Å². The van der Waals surface area contributed by atoms with E-state index in [4.69, 9.17) is 4.74 Å². The molecular formula is C11H17N5O. The number of ether oxygens (including phenoxy) is 1. The van der Waals surface area contributed by atoms with E-state index in [9.17, 15) is 0 Å². The quantitative estimate of drug-likeness (QED) is 0.785. The number of rotatable bonds is 5. The maximum absolute atomic E-state index is 5.00. The van der Waals surface area contributed by atoms with Crippen LogP contribution in [0.5, 0.6) is 0 Å². The summed E-state index contributed by atoms with van der Waals surface area (Å²) in [5.41, 5.74) is 1.96. The Hall–Kier alpha value is -1.82. The lowest BCUT2D eigenvalue weighted by Crippen LogP contribution is -2.11. The molecule has 0 saturated heterocycles. The molecule has 0 bridgehead atoms. The van der Waals surface area contributed by atoms with Crippen molar-refractivity contribution in [3.05, 3.63) is 24.3 Å². The predicted octanol–water partition coefficient (Wildman–Crippen LogP) is 0.973. The summed E-state index contributed by atoms with van der Waals surface area (Å²) in [5, 5.41) is 7.39. The van der Waals surface area contributed by atoms with Gasteiger partial charge in [-0.25, -0.2) is 4.98 Å². The Balaban J connectivity index is 2.21. The Labute approximate surface area is 100 Å². The average molecular weight is 235 g/mol. The number of aryl methyl sites for hydroxylation is 2. The maximum Gasteiger partial charge on any atom is 0.207 e. The number of aromatic nitrogens is 4. The third kappa shape index (κ3) is 2.65. The van der Waals surface area contributed by atoms with Gasteiger partial charge in [-0.3, -0.25) is 9.25 Å². The fourth-order valence-electron chi connectivity index (χ4n) is 1.62. The molecule has 0 saturated carbocycles. The molecule has 6 heteroatoms. The lowest BCUT2D eigenvalue weighted by molar-refractivity contribution is 0.210. The molecule has 0 radical (unpaired) electrons. The van der Waals surface area contributed by atoms with E-state index in [1.54, 1.807) is 11.8 Å². The van der Waals surface area contributed by atoms with Crippen molar-refractivity contribution in [1.29, 1.82) is 0 Å². The van der Waals surface area contributed by atoms with Gasteiger partial charge < -0.3 is 10.1 Å². The van der Waals surface area contributed by atoms with Crippen molar-refractivity contribution in [3.63, 3.8) is 0 Å². The summed E-state index contributed by atoms with van der Waals surface area (Å²) in [7, 11) is 3.58. The van der Waals surface area contributed by atoms with E-state index in [2.05, 4.69) is 15.4 Å². The fraction of sp³-hybridized carbons (Fsp3) is 0.455. The van der Waals surface area contributed by atoms with Gasteiger partial charge in [0, 0.05) is 33.1 Å². The van der Waals surface area contributed by atoms with Gasteiger partial charge in [0.25, 0.3) is 0 Å². The molecule has 2 rings (SSSR count). The van der Waals surface area contributed by atoms with Gasteiger partial charge in [-0.05, 0) is 6.92 Å². The van der Waals surface area contributed by atoms with Crippen LogP contribution in [0.4, 0.5) is 5.95 Å². The standard InChI is InChI=1S/C11H17N5O/c1-9-7-16(10-6-13-15(2)8-10)11(14-9)12-4-5-17-3/h6-8H,4-5H2,1-3H3,(H,12,14). The first-order valence-corrected chi connectivity index (χ1v) is 5.48. The topological polar surface area (TPSA) is 56.9 Å². The van der Waals surface area contributed by atoms with Gasteiger partial charge in [0.05, 0.1) is 24.2 Å². The number of methoxy groups -OCH3 is 1. The van der Waals surface area contributed by atoms with Gasteiger partial charge >= 0.3 is 0 Å². The molecule has 0 aliphatic rings. The number of nitrogens with zero attached hydrogens (tertiary/aromatic N) is 4. The van der Waals surface area contributed by atoms with Crippen LogP contribution in [0.2, 0.25) is 0 Å². The molecule has 17 heavy (non-hydrogen) atoms. The molecule has 2 aromatic rings. The zero-order valence-electron chi connectivity index (χ0n) is 10.3. The Kier molecular flexibility index (Phi) is 3.43. The van der Waals surface area contributed by atoms with Crippen molar-refractivity contribution in [2.24, 2.45) is 7.05 Å². The van der Waals surface area contributed by atoms with Crippen molar-refractivity contribution in [2.45, 2.75) is 6.92 Å². The summed E-state index contributed by atoms with van der Waals surface area (Å²) < 4.78 is 8.76. The van der Waals surface area contributed by atoms with Crippen molar-refractivity contribution >= 4 is 5.95 Å². The molecule has 0 fully saturated rings. The number of anilines is 1. The molecule has 0 aliphatic carbocycles. The Morgan fingerprint density at radius 2 is 2.24 bits per heavy atom. The maximum atomic E-state index is 5.00. The van der Waals surface area contributed by atoms with E-state index in [0.29, 0.717) is 6.61 Å². The molecule has 0 atom stereocenters. The van der Waals surface area contributed by atoms with E-state index in [1.165, 1.54) is 0 Å². The molecule has 1 N–H and O–H groups in total. The number of nitrogens with one attached hydrogen (secondary N) is 1. The highest BCUT2D eigenvalue weighted by molar-refractivity contribution is 5.40. The largest absolute Gasteiger partial charge is 0.383 e. The molecule has 6 nitrogen and oxygen atoms in total. The van der Waals surface area contributed by atoms with Gasteiger partial charge in [0.2, 0.25) is 5.95 Å². The smallest absolute Gasteiger partial charge is 0.207 e. The average Bonchev–Trinajstić information content (AvgIpc) is 2.85. The monoisotopic (exact) mass is 235 g/mol. The minimum atomic E-state index is 0.652. The van der Waals surface area contributed by atoms with E-state index >= 15 is 0 Å². The Morgan fingerprint density at radius 3 is 2.88 bits per heavy atom. The van der Waals surface area contributed by atoms with Crippen LogP contribution in [-0.4, -0.2) is 39.6 Å². The molecule has 2 heterocycles. The van der Waals surface area contributed by atoms with Gasteiger partial charge in [0.15, 0.2) is 0 Å². The van der Waals surface area contributed by atoms with Crippen LogP contribution >= 0.6 is 0 Å². The summed E-state index contributed by atoms with van der Waals surface area (Å²) in [5.74, 6) is 0.813. The highest BCUT2D eigenvalue weighted by Gasteiger charge is 2.08. The summed E-state index contributed by atoms with van der Waals surface area (Å²) in [6.45, 7) is 3.35. The van der Waals surface area contributed by atoms with Crippen LogP contribution in [0, 0.1) is 6.92 Å². The van der Waals surface area contributed by atoms with E-state index in [-0.39, 0.29) is 0 Å². The Morgan fingerprint density at radius 1 is 1.41 bits per heavy atom. The van der Waals surface area contributed by atoms with E-state index in [1.807, 2.05) is 37.1 Å². The molecule has 0 spiro atoms. The van der Waals surface area contributed by atoms with Gasteiger partial charge in [-0.15, -0.1) is 0 Å². The summed E-state index contributed by atoms with van der Waals surface area (Å²) in [6.07, 6.45) is 5.73. The fourth-order valence-corrected chi connectivity index (χ4v) is 1.62. The van der Waals surface area contributed by atoms with Crippen molar-refractivity contribution in [1.82, 2.24) is 19.3 Å². The second-order valence-electron chi connectivity index (χ2n) is 3.87. The zero-order valence-corrected chi connectivity index (χ0v) is 10.3. The molecule has 0 unspecified atom stereocenters. The molecule has 0 aromatic carbocycles. The van der Waals surface area contributed by atoms with Crippen LogP contribution in [0.15, 0.2) is 18.6 Å². The van der Waals surface area contributed by atoms with Gasteiger partial charge in [-0.2, -0.15) is 5.10 Å². The normalized spacial score (nSPS) is 10.8. The second kappa shape index (κ2) is 5.01. The van der Waals surface area contributed by atoms with Crippen molar-refractivity contribution < 1.29 is 4.74 Å². The number of imidazole rings is 1. The van der Waals surface area contributed by atoms with Gasteiger partial charge in [0.1, 0.15) is 0 Å². The first-order valence-electron chi connectivity index (χ1n) is 5.48. The van der Waals surface area contributed by atoms with E-state index in [0.717, 1.165) is 23.9 Å². The van der Waals surface area contributed by atoms with Gasteiger partial charge in [-0.1, -0.05) is 0 Å².